The largest absolute Gasteiger partial charge is 2.00 e. The average Bonchev–Trinajstić information content (AvgIpc) is 2.63. The van der Waals surface area contributed by atoms with E-state index in [-0.39, 0.29) is 52.1 Å². The molecule has 0 heterocycles. The molecule has 21 heavy (non-hydrogen) atoms. The molecule has 4 heteroatoms. The number of allylic oxidation sites excluding steroid dienone is 4. The molecule has 0 atom stereocenters. The fourth-order valence-corrected chi connectivity index (χ4v) is 1.68. The molecule has 0 aromatic heterocycles. The molecule has 2 rings (SSSR count). The second-order valence-electron chi connectivity index (χ2n) is 5.73. The van der Waals surface area contributed by atoms with E-state index in [9.17, 15) is 0 Å². The quantitative estimate of drug-likeness (QED) is 0.415. The zero-order valence-electron chi connectivity index (χ0n) is 13.2. The Labute approximate surface area is 157 Å². The number of benzene rings is 1. The number of nitrogens with one attached hydrogen (secondary N) is 1. The van der Waals surface area contributed by atoms with Crippen molar-refractivity contribution in [3.8, 4) is 0 Å². The van der Waals surface area contributed by atoms with Crippen LogP contribution in [0.25, 0.3) is 11.3 Å². The molecule has 0 fully saturated rings. The maximum atomic E-state index is 6.94. The number of halogens is 2. The molecule has 1 aromatic rings. The summed E-state index contributed by atoms with van der Waals surface area (Å²) in [5, 5.41) is 0. The minimum absolute atomic E-state index is 0. The number of hydrogen-bond donors (Lipinski definition) is 0. The molecule has 0 bridgehead atoms. The zero-order chi connectivity index (χ0) is 13.8. The minimum atomic E-state index is -0.250. The van der Waals surface area contributed by atoms with Gasteiger partial charge in [0, 0.05) is 0 Å². The summed E-state index contributed by atoms with van der Waals surface area (Å²) >= 11 is 0. The molecule has 0 amide bonds. The second-order valence-corrected chi connectivity index (χ2v) is 5.73. The molecule has 116 valence electrons. The van der Waals surface area contributed by atoms with Crippen molar-refractivity contribution >= 4 is 30.4 Å². The second kappa shape index (κ2) is 11.4. The third-order valence-electron chi connectivity index (χ3n) is 2.41. The Morgan fingerprint density at radius 2 is 1.57 bits per heavy atom. The van der Waals surface area contributed by atoms with Crippen LogP contribution in [0.15, 0.2) is 42.0 Å². The summed E-state index contributed by atoms with van der Waals surface area (Å²) in [4.78, 5) is 0. The molecule has 0 unspecified atom stereocenters. The van der Waals surface area contributed by atoms with Crippen molar-refractivity contribution in [1.29, 1.82) is 0 Å². The average molecular weight is 362 g/mol. The van der Waals surface area contributed by atoms with Crippen molar-refractivity contribution in [3.63, 3.8) is 0 Å². The van der Waals surface area contributed by atoms with Crippen LogP contribution in [0.4, 0.5) is 0 Å². The molecule has 1 aliphatic rings. The van der Waals surface area contributed by atoms with Gasteiger partial charge in [0.15, 0.2) is 0 Å². The molecular weight excluding hydrogens is 337 g/mol. The van der Waals surface area contributed by atoms with Gasteiger partial charge in [-0.25, -0.2) is 0 Å². The molecular formula is C17H25Cl2NTi. The molecule has 1 nitrogen and oxygen atoms in total. The summed E-state index contributed by atoms with van der Waals surface area (Å²) in [6.07, 6.45) is 5.55. The summed E-state index contributed by atoms with van der Waals surface area (Å²) in [6, 6.07) is 8.30. The first-order valence-corrected chi connectivity index (χ1v) is 6.31. The van der Waals surface area contributed by atoms with Gasteiger partial charge in [0.25, 0.3) is 0 Å². The Hall–Kier alpha value is -0.176. The fraction of sp³-hybridized carbons (Fsp3) is 0.353. The van der Waals surface area contributed by atoms with Crippen LogP contribution < -0.4 is 0 Å². The van der Waals surface area contributed by atoms with E-state index in [4.69, 9.17) is 5.73 Å². The van der Waals surface area contributed by atoms with Crippen LogP contribution in [0.3, 0.4) is 0 Å². The topological polar surface area (TPSA) is 23.8 Å². The standard InChI is InChI=1S/C13H13.C4H10N.2ClH.Ti/c1-10-7-8-12(9-10)13-6-4-3-5-11(13)2;1-4(2,3)5;;;/h3-7,9H,2,8H2,1H3;5H,1-3H3;2*1H;/q2*-1;;;+2. The van der Waals surface area contributed by atoms with Crippen LogP contribution in [0.5, 0.6) is 0 Å². The molecule has 0 radical (unpaired) electrons. The van der Waals surface area contributed by atoms with Gasteiger partial charge >= 0.3 is 21.7 Å². The molecule has 1 N–H and O–H groups in total. The molecule has 1 aromatic carbocycles. The SMILES string of the molecule is CC(C)(C)[NH-].Cl.Cl.[CH2-]c1ccccc1C1=CC(C)=CC1.[Ti+2]. The third kappa shape index (κ3) is 11.1. The predicted octanol–water partition coefficient (Wildman–Crippen LogP) is 6.28. The summed E-state index contributed by atoms with van der Waals surface area (Å²) in [5.74, 6) is 0. The Balaban J connectivity index is -0.000000360. The Morgan fingerprint density at radius 3 is 1.95 bits per heavy atom. The smallest absolute Gasteiger partial charge is 0.673 e. The van der Waals surface area contributed by atoms with Gasteiger partial charge in [-0.2, -0.15) is 18.6 Å². The van der Waals surface area contributed by atoms with Crippen molar-refractivity contribution in [2.75, 3.05) is 0 Å². The van der Waals surface area contributed by atoms with Crippen LogP contribution in [0.1, 0.15) is 45.2 Å². The van der Waals surface area contributed by atoms with Gasteiger partial charge in [-0.1, -0.05) is 50.1 Å². The number of rotatable bonds is 1. The van der Waals surface area contributed by atoms with Crippen molar-refractivity contribution < 1.29 is 21.7 Å². The van der Waals surface area contributed by atoms with Crippen molar-refractivity contribution in [3.05, 3.63) is 65.8 Å². The van der Waals surface area contributed by atoms with Crippen LogP contribution in [-0.4, -0.2) is 5.54 Å². The Bertz CT molecular complexity index is 468. The zero-order valence-corrected chi connectivity index (χ0v) is 16.4. The van der Waals surface area contributed by atoms with Gasteiger partial charge in [-0.3, -0.25) is 0 Å². The molecule has 0 spiro atoms. The van der Waals surface area contributed by atoms with E-state index in [0.717, 1.165) is 12.0 Å². The van der Waals surface area contributed by atoms with E-state index in [2.05, 4.69) is 44.2 Å². The van der Waals surface area contributed by atoms with Gasteiger partial charge in [-0.05, 0) is 13.3 Å². The minimum Gasteiger partial charge on any atom is -0.673 e. The fourth-order valence-electron chi connectivity index (χ4n) is 1.68. The molecule has 1 aliphatic carbocycles. The number of hydrogen-bond acceptors (Lipinski definition) is 0. The molecule has 0 aliphatic heterocycles. The van der Waals surface area contributed by atoms with Crippen LogP contribution in [-0.2, 0) is 21.7 Å². The first kappa shape index (κ1) is 25.8. The summed E-state index contributed by atoms with van der Waals surface area (Å²) in [5.41, 5.74) is 11.8. The van der Waals surface area contributed by atoms with Gasteiger partial charge in [-0.15, -0.1) is 48.0 Å². The van der Waals surface area contributed by atoms with Crippen molar-refractivity contribution in [1.82, 2.24) is 0 Å². The molecule has 0 saturated heterocycles. The Morgan fingerprint density at radius 1 is 1.10 bits per heavy atom. The van der Waals surface area contributed by atoms with E-state index >= 15 is 0 Å². The van der Waals surface area contributed by atoms with E-state index in [0.29, 0.717) is 0 Å². The van der Waals surface area contributed by atoms with Crippen LogP contribution in [0, 0.1) is 6.92 Å². The van der Waals surface area contributed by atoms with Gasteiger partial charge in [0.2, 0.25) is 0 Å². The molecule has 0 saturated carbocycles. The van der Waals surface area contributed by atoms with Crippen LogP contribution in [0.2, 0.25) is 0 Å². The maximum Gasteiger partial charge on any atom is 2.00 e. The van der Waals surface area contributed by atoms with E-state index in [1.807, 2.05) is 26.8 Å². The summed E-state index contributed by atoms with van der Waals surface area (Å²) in [6.45, 7) is 11.7. The summed E-state index contributed by atoms with van der Waals surface area (Å²) < 4.78 is 0. The van der Waals surface area contributed by atoms with Gasteiger partial charge in [0.1, 0.15) is 0 Å². The monoisotopic (exact) mass is 361 g/mol. The van der Waals surface area contributed by atoms with Gasteiger partial charge < -0.3 is 5.73 Å². The van der Waals surface area contributed by atoms with Crippen molar-refractivity contribution in [2.45, 2.75) is 39.7 Å². The van der Waals surface area contributed by atoms with E-state index in [1.165, 1.54) is 16.7 Å². The summed E-state index contributed by atoms with van der Waals surface area (Å²) in [7, 11) is 0. The third-order valence-corrected chi connectivity index (χ3v) is 2.41. The van der Waals surface area contributed by atoms with Crippen LogP contribution >= 0.6 is 24.8 Å². The van der Waals surface area contributed by atoms with E-state index < -0.39 is 0 Å². The Kier molecular flexibility index (Phi) is 14.0. The van der Waals surface area contributed by atoms with Crippen molar-refractivity contribution in [2.24, 2.45) is 0 Å². The first-order chi connectivity index (χ1) is 8.27. The van der Waals surface area contributed by atoms with E-state index in [1.54, 1.807) is 0 Å². The first-order valence-electron chi connectivity index (χ1n) is 6.31. The normalized spacial score (nSPS) is 12.4. The van der Waals surface area contributed by atoms with Gasteiger partial charge in [0.05, 0.1) is 0 Å². The maximum absolute atomic E-state index is 6.94. The predicted molar refractivity (Wildman–Crippen MR) is 95.8 cm³/mol.